The minimum absolute atomic E-state index is 0.631. The number of hydrogen-bond donors (Lipinski definition) is 1. The summed E-state index contributed by atoms with van der Waals surface area (Å²) in [7, 11) is 1.68. The molecule has 2 aromatic rings. The first-order valence-corrected chi connectivity index (χ1v) is 8.10. The van der Waals surface area contributed by atoms with Gasteiger partial charge in [0.05, 0.1) is 7.11 Å². The van der Waals surface area contributed by atoms with Crippen LogP contribution in [0.5, 0.6) is 11.5 Å². The van der Waals surface area contributed by atoms with E-state index in [1.165, 1.54) is 15.3 Å². The Morgan fingerprint density at radius 3 is 2.67 bits per heavy atom. The average molecular weight is 305 g/mol. The summed E-state index contributed by atoms with van der Waals surface area (Å²) in [6, 6.07) is 10.4. The SMILES string of the molecule is CCc1ccc(OCCNCc2ccc(C)s2)c(OC)c1. The Labute approximate surface area is 130 Å². The van der Waals surface area contributed by atoms with Crippen LogP contribution in [0.4, 0.5) is 0 Å². The molecule has 21 heavy (non-hydrogen) atoms. The van der Waals surface area contributed by atoms with Crippen LogP contribution in [0.3, 0.4) is 0 Å². The van der Waals surface area contributed by atoms with Gasteiger partial charge in [0.25, 0.3) is 0 Å². The van der Waals surface area contributed by atoms with Crippen LogP contribution < -0.4 is 14.8 Å². The Bertz CT molecular complexity index is 566. The summed E-state index contributed by atoms with van der Waals surface area (Å²) < 4.78 is 11.2. The number of aryl methyl sites for hydroxylation is 2. The summed E-state index contributed by atoms with van der Waals surface area (Å²) in [6.07, 6.45) is 0.998. The molecule has 0 aliphatic carbocycles. The average Bonchev–Trinajstić information content (AvgIpc) is 2.92. The second-order valence-corrected chi connectivity index (χ2v) is 6.25. The van der Waals surface area contributed by atoms with Gasteiger partial charge in [-0.15, -0.1) is 11.3 Å². The summed E-state index contributed by atoms with van der Waals surface area (Å²) in [5.41, 5.74) is 1.25. The molecule has 2 rings (SSSR count). The van der Waals surface area contributed by atoms with Crippen molar-refractivity contribution in [1.29, 1.82) is 0 Å². The highest BCUT2D eigenvalue weighted by Crippen LogP contribution is 2.28. The fourth-order valence-electron chi connectivity index (χ4n) is 2.08. The van der Waals surface area contributed by atoms with Gasteiger partial charge in [-0.1, -0.05) is 13.0 Å². The molecule has 0 bridgehead atoms. The molecule has 1 aromatic heterocycles. The smallest absolute Gasteiger partial charge is 0.161 e. The van der Waals surface area contributed by atoms with E-state index in [1.807, 2.05) is 23.5 Å². The Balaban J connectivity index is 1.75. The number of methoxy groups -OCH3 is 1. The zero-order valence-electron chi connectivity index (χ0n) is 12.9. The van der Waals surface area contributed by atoms with E-state index >= 15 is 0 Å². The first-order valence-electron chi connectivity index (χ1n) is 7.28. The van der Waals surface area contributed by atoms with E-state index in [2.05, 4.69) is 37.4 Å². The zero-order chi connectivity index (χ0) is 15.1. The van der Waals surface area contributed by atoms with Crippen molar-refractivity contribution in [1.82, 2.24) is 5.32 Å². The minimum atomic E-state index is 0.631. The lowest BCUT2D eigenvalue weighted by Crippen LogP contribution is -2.20. The van der Waals surface area contributed by atoms with E-state index < -0.39 is 0 Å². The molecule has 0 unspecified atom stereocenters. The molecule has 0 aliphatic rings. The molecule has 1 heterocycles. The van der Waals surface area contributed by atoms with Gasteiger partial charge in [0.15, 0.2) is 11.5 Å². The molecule has 1 aromatic carbocycles. The molecule has 4 heteroatoms. The maximum absolute atomic E-state index is 5.79. The van der Waals surface area contributed by atoms with Gasteiger partial charge in [0.1, 0.15) is 6.61 Å². The summed E-state index contributed by atoms with van der Waals surface area (Å²) in [4.78, 5) is 2.71. The Morgan fingerprint density at radius 1 is 1.14 bits per heavy atom. The van der Waals surface area contributed by atoms with Crippen molar-refractivity contribution in [3.8, 4) is 11.5 Å². The lowest BCUT2D eigenvalue weighted by molar-refractivity contribution is 0.292. The third-order valence-electron chi connectivity index (χ3n) is 3.27. The zero-order valence-corrected chi connectivity index (χ0v) is 13.8. The van der Waals surface area contributed by atoms with E-state index in [0.29, 0.717) is 6.61 Å². The molecule has 0 saturated carbocycles. The van der Waals surface area contributed by atoms with Crippen molar-refractivity contribution >= 4 is 11.3 Å². The van der Waals surface area contributed by atoms with Crippen LogP contribution in [0.1, 0.15) is 22.2 Å². The van der Waals surface area contributed by atoms with Gasteiger partial charge in [-0.3, -0.25) is 0 Å². The van der Waals surface area contributed by atoms with Crippen molar-refractivity contribution in [2.75, 3.05) is 20.3 Å². The molecule has 1 N–H and O–H groups in total. The van der Waals surface area contributed by atoms with Crippen molar-refractivity contribution in [2.45, 2.75) is 26.8 Å². The maximum Gasteiger partial charge on any atom is 0.161 e. The number of rotatable bonds is 8. The van der Waals surface area contributed by atoms with Crippen molar-refractivity contribution in [2.24, 2.45) is 0 Å². The Hall–Kier alpha value is -1.52. The lowest BCUT2D eigenvalue weighted by Gasteiger charge is -2.12. The molecule has 0 atom stereocenters. The third kappa shape index (κ3) is 4.76. The van der Waals surface area contributed by atoms with Gasteiger partial charge in [-0.25, -0.2) is 0 Å². The van der Waals surface area contributed by atoms with Crippen molar-refractivity contribution in [3.05, 3.63) is 45.6 Å². The summed E-state index contributed by atoms with van der Waals surface area (Å²) in [5.74, 6) is 1.62. The van der Waals surface area contributed by atoms with Crippen LogP contribution in [0, 0.1) is 6.92 Å². The third-order valence-corrected chi connectivity index (χ3v) is 4.27. The lowest BCUT2D eigenvalue weighted by atomic mass is 10.1. The van der Waals surface area contributed by atoms with Gasteiger partial charge in [-0.2, -0.15) is 0 Å². The predicted octanol–water partition coefficient (Wildman–Crippen LogP) is 3.80. The van der Waals surface area contributed by atoms with Crippen LogP contribution in [0.2, 0.25) is 0 Å². The highest BCUT2D eigenvalue weighted by Gasteiger charge is 2.05. The molecular weight excluding hydrogens is 282 g/mol. The van der Waals surface area contributed by atoms with Crippen LogP contribution in [-0.2, 0) is 13.0 Å². The molecule has 0 saturated heterocycles. The summed E-state index contributed by atoms with van der Waals surface area (Å²) in [5, 5.41) is 3.39. The van der Waals surface area contributed by atoms with Gasteiger partial charge >= 0.3 is 0 Å². The van der Waals surface area contributed by atoms with E-state index in [1.54, 1.807) is 7.11 Å². The molecule has 0 radical (unpaired) electrons. The standard InChI is InChI=1S/C17H23NO2S/c1-4-14-6-8-16(17(11-14)19-3)20-10-9-18-12-15-7-5-13(2)21-15/h5-8,11,18H,4,9-10,12H2,1-3H3. The highest BCUT2D eigenvalue weighted by molar-refractivity contribution is 7.11. The van der Waals surface area contributed by atoms with Crippen LogP contribution in [-0.4, -0.2) is 20.3 Å². The highest BCUT2D eigenvalue weighted by atomic mass is 32.1. The number of nitrogens with one attached hydrogen (secondary N) is 1. The van der Waals surface area contributed by atoms with E-state index in [4.69, 9.17) is 9.47 Å². The molecule has 3 nitrogen and oxygen atoms in total. The molecular formula is C17H23NO2S. The number of thiophene rings is 1. The normalized spacial score (nSPS) is 10.6. The van der Waals surface area contributed by atoms with Crippen LogP contribution in [0.25, 0.3) is 0 Å². The van der Waals surface area contributed by atoms with Gasteiger partial charge in [0.2, 0.25) is 0 Å². The number of benzene rings is 1. The van der Waals surface area contributed by atoms with E-state index in [9.17, 15) is 0 Å². The number of hydrogen-bond acceptors (Lipinski definition) is 4. The second kappa shape index (κ2) is 8.05. The monoisotopic (exact) mass is 305 g/mol. The fraction of sp³-hybridized carbons (Fsp3) is 0.412. The van der Waals surface area contributed by atoms with Crippen LogP contribution in [0.15, 0.2) is 30.3 Å². The van der Waals surface area contributed by atoms with E-state index in [0.717, 1.165) is 31.0 Å². The Kier molecular flexibility index (Phi) is 6.08. The quantitative estimate of drug-likeness (QED) is 0.753. The summed E-state index contributed by atoms with van der Waals surface area (Å²) in [6.45, 7) is 6.60. The maximum atomic E-state index is 5.79. The van der Waals surface area contributed by atoms with E-state index in [-0.39, 0.29) is 0 Å². The Morgan fingerprint density at radius 2 is 2.00 bits per heavy atom. The topological polar surface area (TPSA) is 30.5 Å². The first-order chi connectivity index (χ1) is 10.2. The van der Waals surface area contributed by atoms with Gasteiger partial charge < -0.3 is 14.8 Å². The summed E-state index contributed by atoms with van der Waals surface area (Å²) >= 11 is 1.83. The second-order valence-electron chi connectivity index (χ2n) is 4.88. The fourth-order valence-corrected chi connectivity index (χ4v) is 2.94. The number of ether oxygens (including phenoxy) is 2. The molecule has 0 spiro atoms. The van der Waals surface area contributed by atoms with Gasteiger partial charge in [0, 0.05) is 22.8 Å². The minimum Gasteiger partial charge on any atom is -0.493 e. The van der Waals surface area contributed by atoms with Crippen molar-refractivity contribution in [3.63, 3.8) is 0 Å². The first kappa shape index (κ1) is 15.9. The van der Waals surface area contributed by atoms with Gasteiger partial charge in [-0.05, 0) is 43.2 Å². The molecule has 0 aliphatic heterocycles. The molecule has 0 fully saturated rings. The van der Waals surface area contributed by atoms with Crippen LogP contribution >= 0.6 is 11.3 Å². The molecule has 0 amide bonds. The largest absolute Gasteiger partial charge is 0.493 e. The predicted molar refractivity (Wildman–Crippen MR) is 88.6 cm³/mol. The molecule has 114 valence electrons. The van der Waals surface area contributed by atoms with Crippen molar-refractivity contribution < 1.29 is 9.47 Å².